The van der Waals surface area contributed by atoms with Gasteiger partial charge in [0.25, 0.3) is 0 Å². The van der Waals surface area contributed by atoms with Crippen LogP contribution in [0, 0.1) is 11.8 Å². The summed E-state index contributed by atoms with van der Waals surface area (Å²) in [7, 11) is 1.73. The van der Waals surface area contributed by atoms with Crippen LogP contribution >= 0.6 is 0 Å². The molecule has 2 fully saturated rings. The molecule has 0 amide bonds. The molecule has 0 aromatic rings. The standard InChI is InChI=1S/C10H16O2/c1-10(12-2)6-9(11)7-4-3-5-8(7)10/h7-8H,3-6H2,1-2H3/t7-,8+,10+/m0/s1. The van der Waals surface area contributed by atoms with E-state index in [1.54, 1.807) is 7.11 Å². The minimum Gasteiger partial charge on any atom is -0.378 e. The molecule has 0 aromatic carbocycles. The third-order valence-electron chi connectivity index (χ3n) is 3.71. The molecule has 2 saturated carbocycles. The van der Waals surface area contributed by atoms with Crippen LogP contribution < -0.4 is 0 Å². The molecule has 2 nitrogen and oxygen atoms in total. The molecule has 0 spiro atoms. The van der Waals surface area contributed by atoms with Crippen molar-refractivity contribution in [1.29, 1.82) is 0 Å². The van der Waals surface area contributed by atoms with Gasteiger partial charge in [-0.2, -0.15) is 0 Å². The van der Waals surface area contributed by atoms with Crippen molar-refractivity contribution in [1.82, 2.24) is 0 Å². The Morgan fingerprint density at radius 3 is 2.92 bits per heavy atom. The van der Waals surface area contributed by atoms with Crippen molar-refractivity contribution in [2.24, 2.45) is 11.8 Å². The van der Waals surface area contributed by atoms with Crippen LogP contribution in [-0.4, -0.2) is 18.5 Å². The lowest BCUT2D eigenvalue weighted by atomic mass is 9.89. The van der Waals surface area contributed by atoms with Crippen LogP contribution in [0.25, 0.3) is 0 Å². The summed E-state index contributed by atoms with van der Waals surface area (Å²) < 4.78 is 5.46. The van der Waals surface area contributed by atoms with E-state index < -0.39 is 0 Å². The predicted octanol–water partition coefficient (Wildman–Crippen LogP) is 1.78. The van der Waals surface area contributed by atoms with E-state index in [0.29, 0.717) is 24.0 Å². The molecule has 2 heteroatoms. The summed E-state index contributed by atoms with van der Waals surface area (Å²) in [6.45, 7) is 2.08. The van der Waals surface area contributed by atoms with Gasteiger partial charge in [0.15, 0.2) is 0 Å². The number of ether oxygens (including phenoxy) is 1. The van der Waals surface area contributed by atoms with E-state index in [1.807, 2.05) is 0 Å². The zero-order chi connectivity index (χ0) is 8.77. The van der Waals surface area contributed by atoms with Gasteiger partial charge in [-0.3, -0.25) is 4.79 Å². The lowest BCUT2D eigenvalue weighted by Crippen LogP contribution is -2.32. The Bertz CT molecular complexity index is 212. The summed E-state index contributed by atoms with van der Waals surface area (Å²) in [5.74, 6) is 1.27. The monoisotopic (exact) mass is 168 g/mol. The van der Waals surface area contributed by atoms with Crippen molar-refractivity contribution < 1.29 is 9.53 Å². The predicted molar refractivity (Wildman–Crippen MR) is 45.9 cm³/mol. The molecule has 0 saturated heterocycles. The number of carbonyl (C=O) groups excluding carboxylic acids is 1. The molecule has 0 aliphatic heterocycles. The Kier molecular flexibility index (Phi) is 1.76. The summed E-state index contributed by atoms with van der Waals surface area (Å²) in [4.78, 5) is 11.6. The molecular weight excluding hydrogens is 152 g/mol. The first-order chi connectivity index (χ1) is 5.67. The molecule has 2 aliphatic carbocycles. The Morgan fingerprint density at radius 1 is 1.50 bits per heavy atom. The van der Waals surface area contributed by atoms with E-state index in [0.717, 1.165) is 6.42 Å². The highest BCUT2D eigenvalue weighted by atomic mass is 16.5. The second kappa shape index (κ2) is 2.56. The summed E-state index contributed by atoms with van der Waals surface area (Å²) >= 11 is 0. The average Bonchev–Trinajstić information content (AvgIpc) is 2.58. The van der Waals surface area contributed by atoms with Gasteiger partial charge in [0.05, 0.1) is 5.60 Å². The highest BCUT2D eigenvalue weighted by Crippen LogP contribution is 2.49. The number of carbonyl (C=O) groups is 1. The van der Waals surface area contributed by atoms with Crippen LogP contribution in [-0.2, 0) is 9.53 Å². The second-order valence-electron chi connectivity index (χ2n) is 4.30. The Morgan fingerprint density at radius 2 is 2.25 bits per heavy atom. The first kappa shape index (κ1) is 8.24. The van der Waals surface area contributed by atoms with Gasteiger partial charge in [-0.05, 0) is 25.7 Å². The van der Waals surface area contributed by atoms with E-state index in [2.05, 4.69) is 6.92 Å². The third-order valence-corrected chi connectivity index (χ3v) is 3.71. The smallest absolute Gasteiger partial charge is 0.139 e. The fourth-order valence-corrected chi connectivity index (χ4v) is 2.91. The van der Waals surface area contributed by atoms with Crippen molar-refractivity contribution in [3.05, 3.63) is 0 Å². The summed E-state index contributed by atoms with van der Waals surface area (Å²) in [6.07, 6.45) is 4.13. The fraction of sp³-hybridized carbons (Fsp3) is 0.900. The lowest BCUT2D eigenvalue weighted by Gasteiger charge is -2.28. The minimum absolute atomic E-state index is 0.141. The van der Waals surface area contributed by atoms with E-state index in [4.69, 9.17) is 4.74 Å². The number of fused-ring (bicyclic) bond motifs is 1. The number of hydrogen-bond donors (Lipinski definition) is 0. The van der Waals surface area contributed by atoms with Crippen molar-refractivity contribution in [3.8, 4) is 0 Å². The molecule has 68 valence electrons. The largest absolute Gasteiger partial charge is 0.378 e. The number of Topliss-reactive ketones (excluding diaryl/α,β-unsaturated/α-hetero) is 1. The summed E-state index contributed by atoms with van der Waals surface area (Å²) in [6, 6.07) is 0. The first-order valence-electron chi connectivity index (χ1n) is 4.75. The van der Waals surface area contributed by atoms with Crippen LogP contribution in [0.4, 0.5) is 0 Å². The van der Waals surface area contributed by atoms with Gasteiger partial charge in [-0.25, -0.2) is 0 Å². The van der Waals surface area contributed by atoms with Crippen molar-refractivity contribution in [2.45, 2.75) is 38.2 Å². The first-order valence-corrected chi connectivity index (χ1v) is 4.75. The van der Waals surface area contributed by atoms with Gasteiger partial charge in [0, 0.05) is 19.4 Å². The number of hydrogen-bond acceptors (Lipinski definition) is 2. The van der Waals surface area contributed by atoms with Crippen molar-refractivity contribution in [3.63, 3.8) is 0 Å². The minimum atomic E-state index is -0.141. The van der Waals surface area contributed by atoms with Gasteiger partial charge in [-0.15, -0.1) is 0 Å². The lowest BCUT2D eigenvalue weighted by molar-refractivity contribution is -0.121. The highest BCUT2D eigenvalue weighted by Gasteiger charge is 2.52. The molecule has 0 N–H and O–H groups in total. The van der Waals surface area contributed by atoms with Crippen molar-refractivity contribution in [2.75, 3.05) is 7.11 Å². The van der Waals surface area contributed by atoms with Gasteiger partial charge < -0.3 is 4.74 Å². The fourth-order valence-electron chi connectivity index (χ4n) is 2.91. The van der Waals surface area contributed by atoms with E-state index >= 15 is 0 Å². The number of ketones is 1. The molecule has 0 aromatic heterocycles. The SMILES string of the molecule is CO[C@]1(C)CC(=O)[C@H]2CCC[C@H]21. The Balaban J connectivity index is 2.25. The van der Waals surface area contributed by atoms with Crippen LogP contribution in [0.3, 0.4) is 0 Å². The van der Waals surface area contributed by atoms with Gasteiger partial charge >= 0.3 is 0 Å². The molecule has 0 bridgehead atoms. The molecule has 0 heterocycles. The summed E-state index contributed by atoms with van der Waals surface area (Å²) in [5, 5.41) is 0. The molecule has 2 rings (SSSR count). The number of methoxy groups -OCH3 is 1. The molecule has 12 heavy (non-hydrogen) atoms. The zero-order valence-electron chi connectivity index (χ0n) is 7.80. The number of rotatable bonds is 1. The Hall–Kier alpha value is -0.370. The average molecular weight is 168 g/mol. The molecule has 3 atom stereocenters. The zero-order valence-corrected chi connectivity index (χ0v) is 7.80. The molecule has 2 aliphatic rings. The Labute approximate surface area is 73.3 Å². The maximum Gasteiger partial charge on any atom is 0.139 e. The van der Waals surface area contributed by atoms with Crippen molar-refractivity contribution >= 4 is 5.78 Å². The highest BCUT2D eigenvalue weighted by molar-refractivity contribution is 5.85. The second-order valence-corrected chi connectivity index (χ2v) is 4.30. The molecule has 0 unspecified atom stereocenters. The van der Waals surface area contributed by atoms with E-state index in [1.165, 1.54) is 12.8 Å². The van der Waals surface area contributed by atoms with Gasteiger partial charge in [0.2, 0.25) is 0 Å². The van der Waals surface area contributed by atoms with Crippen LogP contribution in [0.1, 0.15) is 32.6 Å². The topological polar surface area (TPSA) is 26.3 Å². The van der Waals surface area contributed by atoms with E-state index in [9.17, 15) is 4.79 Å². The normalized spacial score (nSPS) is 46.7. The third kappa shape index (κ3) is 0.939. The van der Waals surface area contributed by atoms with Crippen LogP contribution in [0.15, 0.2) is 0 Å². The molecular formula is C10H16O2. The summed E-state index contributed by atoms with van der Waals surface area (Å²) in [5.41, 5.74) is -0.141. The maximum absolute atomic E-state index is 11.6. The van der Waals surface area contributed by atoms with Crippen LogP contribution in [0.5, 0.6) is 0 Å². The quantitative estimate of drug-likeness (QED) is 0.596. The maximum atomic E-state index is 11.6. The van der Waals surface area contributed by atoms with E-state index in [-0.39, 0.29) is 5.60 Å². The van der Waals surface area contributed by atoms with Gasteiger partial charge in [0.1, 0.15) is 5.78 Å². The molecule has 0 radical (unpaired) electrons. The van der Waals surface area contributed by atoms with Gasteiger partial charge in [-0.1, -0.05) is 6.42 Å². The van der Waals surface area contributed by atoms with Crippen LogP contribution in [0.2, 0.25) is 0 Å².